The fourth-order valence-corrected chi connectivity index (χ4v) is 3.87. The van der Waals surface area contributed by atoms with Crippen LogP contribution in [0.5, 0.6) is 5.75 Å². The molecule has 0 saturated carbocycles. The van der Waals surface area contributed by atoms with E-state index in [1.807, 2.05) is 0 Å². The minimum absolute atomic E-state index is 0.0159. The number of carbonyl (C=O) groups excluding carboxylic acids is 3. The van der Waals surface area contributed by atoms with Crippen LogP contribution in [-0.4, -0.2) is 91.8 Å². The molecule has 1 aliphatic heterocycles. The van der Waals surface area contributed by atoms with Gasteiger partial charge >= 0.3 is 11.9 Å². The Morgan fingerprint density at radius 2 is 1.72 bits per heavy atom. The molecule has 0 bridgehead atoms. The number of aliphatic hydroxyl groups is 1. The van der Waals surface area contributed by atoms with Gasteiger partial charge in [0, 0.05) is 19.4 Å². The van der Waals surface area contributed by atoms with Crippen LogP contribution in [0.25, 0.3) is 0 Å². The lowest BCUT2D eigenvalue weighted by Crippen LogP contribution is -2.60. The summed E-state index contributed by atoms with van der Waals surface area (Å²) in [6.45, 7) is 1.42. The normalized spacial score (nSPS) is 18.5. The van der Waals surface area contributed by atoms with Crippen molar-refractivity contribution in [1.29, 1.82) is 0 Å². The zero-order valence-corrected chi connectivity index (χ0v) is 19.8. The van der Waals surface area contributed by atoms with E-state index >= 15 is 0 Å². The number of hydrogen-bond donors (Lipinski definition) is 7. The van der Waals surface area contributed by atoms with Crippen molar-refractivity contribution in [3.63, 3.8) is 0 Å². The molecule has 1 fully saturated rings. The first kappa shape index (κ1) is 28.5. The minimum Gasteiger partial charge on any atom is -0.508 e. The number of carboxylic acids is 2. The number of likely N-dealkylation sites (tertiary alicyclic amines) is 1. The molecule has 1 heterocycles. The zero-order chi connectivity index (χ0) is 27.0. The number of aromatic hydroxyl groups is 1. The van der Waals surface area contributed by atoms with Crippen LogP contribution >= 0.6 is 0 Å². The van der Waals surface area contributed by atoms with Crippen molar-refractivity contribution in [3.8, 4) is 5.75 Å². The molecule has 5 unspecified atom stereocenters. The monoisotopic (exact) mass is 508 g/mol. The molecule has 1 aromatic rings. The van der Waals surface area contributed by atoms with Gasteiger partial charge < -0.3 is 41.7 Å². The summed E-state index contributed by atoms with van der Waals surface area (Å²) in [5.41, 5.74) is 6.29. The van der Waals surface area contributed by atoms with Crippen molar-refractivity contribution in [1.82, 2.24) is 15.5 Å². The van der Waals surface area contributed by atoms with Crippen molar-refractivity contribution in [2.75, 3.05) is 6.54 Å². The first-order valence-electron chi connectivity index (χ1n) is 11.5. The number of nitrogens with two attached hydrogens (primary N) is 1. The lowest BCUT2D eigenvalue weighted by atomic mass is 10.0. The quantitative estimate of drug-likeness (QED) is 0.174. The molecule has 8 N–H and O–H groups in total. The maximum absolute atomic E-state index is 13.2. The first-order valence-corrected chi connectivity index (χ1v) is 11.5. The summed E-state index contributed by atoms with van der Waals surface area (Å²) in [7, 11) is 0. The minimum atomic E-state index is -1.47. The first-order chi connectivity index (χ1) is 16.9. The third kappa shape index (κ3) is 7.92. The van der Waals surface area contributed by atoms with Gasteiger partial charge in [-0.15, -0.1) is 0 Å². The van der Waals surface area contributed by atoms with E-state index in [4.69, 9.17) is 10.8 Å². The second-order valence-corrected chi connectivity index (χ2v) is 8.73. The van der Waals surface area contributed by atoms with Crippen LogP contribution < -0.4 is 16.4 Å². The molecule has 0 radical (unpaired) electrons. The molecule has 1 aromatic carbocycles. The molecule has 5 atom stereocenters. The van der Waals surface area contributed by atoms with Gasteiger partial charge in [0.25, 0.3) is 0 Å². The van der Waals surface area contributed by atoms with Gasteiger partial charge in [0.05, 0.1) is 12.1 Å². The molecular formula is C23H32N4O9. The maximum Gasteiger partial charge on any atom is 0.326 e. The average molecular weight is 509 g/mol. The van der Waals surface area contributed by atoms with Gasteiger partial charge in [-0.05, 0) is 43.9 Å². The van der Waals surface area contributed by atoms with Gasteiger partial charge in [0.15, 0.2) is 0 Å². The number of nitrogens with one attached hydrogen (secondary N) is 2. The van der Waals surface area contributed by atoms with E-state index in [2.05, 4.69) is 10.6 Å². The highest BCUT2D eigenvalue weighted by Gasteiger charge is 2.40. The number of carbonyl (C=O) groups is 5. The second kappa shape index (κ2) is 12.8. The summed E-state index contributed by atoms with van der Waals surface area (Å²) in [4.78, 5) is 62.1. The molecule has 1 saturated heterocycles. The molecule has 3 amide bonds. The zero-order valence-electron chi connectivity index (χ0n) is 19.8. The van der Waals surface area contributed by atoms with E-state index in [1.165, 1.54) is 31.2 Å². The van der Waals surface area contributed by atoms with Crippen molar-refractivity contribution >= 4 is 29.7 Å². The number of aliphatic hydroxyl groups excluding tert-OH is 1. The van der Waals surface area contributed by atoms with Crippen LogP contribution in [0.3, 0.4) is 0 Å². The molecule has 0 aromatic heterocycles. The number of carboxylic acid groups (broad SMARTS) is 2. The molecule has 36 heavy (non-hydrogen) atoms. The van der Waals surface area contributed by atoms with Crippen molar-refractivity contribution in [2.24, 2.45) is 5.73 Å². The summed E-state index contributed by atoms with van der Waals surface area (Å²) in [5.74, 6) is -4.75. The van der Waals surface area contributed by atoms with Crippen LogP contribution in [0.15, 0.2) is 24.3 Å². The van der Waals surface area contributed by atoms with Crippen molar-refractivity contribution < 1.29 is 44.4 Å². The molecule has 13 heteroatoms. The third-order valence-electron chi connectivity index (χ3n) is 5.88. The molecule has 0 aliphatic carbocycles. The molecule has 1 aliphatic rings. The van der Waals surface area contributed by atoms with E-state index in [1.54, 1.807) is 0 Å². The second-order valence-electron chi connectivity index (χ2n) is 8.73. The van der Waals surface area contributed by atoms with Crippen LogP contribution in [-0.2, 0) is 30.4 Å². The van der Waals surface area contributed by atoms with E-state index in [-0.39, 0.29) is 38.0 Å². The predicted molar refractivity (Wildman–Crippen MR) is 125 cm³/mol. The molecule has 2 rings (SSSR count). The van der Waals surface area contributed by atoms with Gasteiger partial charge in [-0.25, -0.2) is 4.79 Å². The highest BCUT2D eigenvalue weighted by molar-refractivity contribution is 5.94. The average Bonchev–Trinajstić information content (AvgIpc) is 3.31. The Labute approximate surface area is 207 Å². The van der Waals surface area contributed by atoms with Gasteiger partial charge in [0.2, 0.25) is 17.7 Å². The number of rotatable bonds is 12. The summed E-state index contributed by atoms with van der Waals surface area (Å²) in [6.07, 6.45) is -1.28. The summed E-state index contributed by atoms with van der Waals surface area (Å²) in [5, 5.41) is 42.8. The summed E-state index contributed by atoms with van der Waals surface area (Å²) in [6, 6.07) is 0.759. The van der Waals surface area contributed by atoms with Gasteiger partial charge in [0.1, 0.15) is 23.9 Å². The largest absolute Gasteiger partial charge is 0.508 e. The highest BCUT2D eigenvalue weighted by atomic mass is 16.4. The summed E-state index contributed by atoms with van der Waals surface area (Å²) < 4.78 is 0. The fourth-order valence-electron chi connectivity index (χ4n) is 3.87. The lowest BCUT2D eigenvalue weighted by molar-refractivity contribution is -0.150. The highest BCUT2D eigenvalue weighted by Crippen LogP contribution is 2.19. The van der Waals surface area contributed by atoms with Gasteiger partial charge in [-0.2, -0.15) is 0 Å². The summed E-state index contributed by atoms with van der Waals surface area (Å²) >= 11 is 0. The smallest absolute Gasteiger partial charge is 0.326 e. The number of phenolic OH excluding ortho intramolecular Hbond substituents is 1. The number of hydrogen-bond acceptors (Lipinski definition) is 8. The standard InChI is InChI=1S/C23H32N4O9/c1-12(28)19(22(34)27-10-2-3-17(27)23(35)36)26-21(33)16(11-13-4-6-14(29)7-5-13)25-20(32)15(24)8-9-18(30)31/h4-7,12,15-17,19,28-29H,2-3,8-11,24H2,1H3,(H,25,32)(H,26,33)(H,30,31)(H,35,36). The number of aliphatic carboxylic acids is 2. The Kier molecular flexibility index (Phi) is 10.2. The lowest BCUT2D eigenvalue weighted by Gasteiger charge is -2.30. The van der Waals surface area contributed by atoms with Gasteiger partial charge in [-0.3, -0.25) is 19.2 Å². The van der Waals surface area contributed by atoms with E-state index in [0.29, 0.717) is 12.0 Å². The fraction of sp³-hybridized carbons (Fsp3) is 0.522. The molecule has 198 valence electrons. The Morgan fingerprint density at radius 3 is 2.28 bits per heavy atom. The molecular weight excluding hydrogens is 476 g/mol. The molecule has 0 spiro atoms. The number of amides is 3. The van der Waals surface area contributed by atoms with E-state index in [0.717, 1.165) is 4.90 Å². The number of phenols is 1. The maximum atomic E-state index is 13.2. The van der Waals surface area contributed by atoms with Crippen molar-refractivity contribution in [2.45, 2.75) is 69.3 Å². The Morgan fingerprint density at radius 1 is 1.08 bits per heavy atom. The Bertz CT molecular complexity index is 967. The topological polar surface area (TPSA) is 220 Å². The van der Waals surface area contributed by atoms with E-state index < -0.39 is 59.9 Å². The number of nitrogens with zero attached hydrogens (tertiary/aromatic N) is 1. The Hall–Kier alpha value is -3.71. The SMILES string of the molecule is CC(O)C(NC(=O)C(Cc1ccc(O)cc1)NC(=O)C(N)CCC(=O)O)C(=O)N1CCCC1C(=O)O. The van der Waals surface area contributed by atoms with Gasteiger partial charge in [-0.1, -0.05) is 12.1 Å². The van der Waals surface area contributed by atoms with Crippen LogP contribution in [0.1, 0.15) is 38.2 Å². The number of benzene rings is 1. The van der Waals surface area contributed by atoms with E-state index in [9.17, 15) is 39.3 Å². The van der Waals surface area contributed by atoms with Crippen LogP contribution in [0, 0.1) is 0 Å². The van der Waals surface area contributed by atoms with Crippen molar-refractivity contribution in [3.05, 3.63) is 29.8 Å². The predicted octanol–water partition coefficient (Wildman–Crippen LogP) is -1.45. The Balaban J connectivity index is 2.22. The molecule has 13 nitrogen and oxygen atoms in total. The third-order valence-corrected chi connectivity index (χ3v) is 5.88. The van der Waals surface area contributed by atoms with Crippen LogP contribution in [0.2, 0.25) is 0 Å². The van der Waals surface area contributed by atoms with Crippen LogP contribution in [0.4, 0.5) is 0 Å².